The molecule has 128 valence electrons. The molecular formula is C16H14Cl3NO3S. The number of anilines is 1. The van der Waals surface area contributed by atoms with Crippen molar-refractivity contribution in [3.8, 4) is 0 Å². The van der Waals surface area contributed by atoms with E-state index in [-0.39, 0.29) is 34.4 Å². The third-order valence-corrected chi connectivity index (χ3v) is 6.10. The second-order valence-corrected chi connectivity index (χ2v) is 8.36. The van der Waals surface area contributed by atoms with E-state index < -0.39 is 9.84 Å². The Morgan fingerprint density at radius 3 is 2.33 bits per heavy atom. The Hall–Kier alpha value is -1.27. The van der Waals surface area contributed by atoms with E-state index in [1.807, 2.05) is 0 Å². The van der Waals surface area contributed by atoms with Gasteiger partial charge in [0.2, 0.25) is 5.91 Å². The van der Waals surface area contributed by atoms with E-state index in [2.05, 4.69) is 5.32 Å². The first-order valence-corrected chi connectivity index (χ1v) is 9.80. The largest absolute Gasteiger partial charge is 0.325 e. The van der Waals surface area contributed by atoms with E-state index >= 15 is 0 Å². The molecule has 0 aliphatic carbocycles. The second kappa shape index (κ2) is 8.21. The predicted octanol–water partition coefficient (Wildman–Crippen LogP) is 4.84. The summed E-state index contributed by atoms with van der Waals surface area (Å²) in [5.74, 6) is -0.462. The smallest absolute Gasteiger partial charge is 0.224 e. The summed E-state index contributed by atoms with van der Waals surface area (Å²) in [5.41, 5.74) is 0.398. The summed E-state index contributed by atoms with van der Waals surface area (Å²) < 4.78 is 24.3. The monoisotopic (exact) mass is 405 g/mol. The third kappa shape index (κ3) is 5.11. The lowest BCUT2D eigenvalue weighted by molar-refractivity contribution is -0.116. The Kier molecular flexibility index (Phi) is 6.52. The normalized spacial score (nSPS) is 11.3. The van der Waals surface area contributed by atoms with Gasteiger partial charge in [0.05, 0.1) is 26.4 Å². The summed E-state index contributed by atoms with van der Waals surface area (Å²) in [4.78, 5) is 12.1. The van der Waals surface area contributed by atoms with Gasteiger partial charge < -0.3 is 5.32 Å². The molecule has 24 heavy (non-hydrogen) atoms. The first kappa shape index (κ1) is 19.1. The van der Waals surface area contributed by atoms with Gasteiger partial charge in [-0.1, -0.05) is 40.9 Å². The lowest BCUT2D eigenvalue weighted by Gasteiger charge is -2.08. The highest BCUT2D eigenvalue weighted by molar-refractivity contribution is 7.91. The Morgan fingerprint density at radius 2 is 1.67 bits per heavy atom. The van der Waals surface area contributed by atoms with Crippen LogP contribution in [0.25, 0.3) is 0 Å². The number of sulfone groups is 1. The average molecular weight is 407 g/mol. The SMILES string of the molecule is O=C(CCCS(=O)(=O)c1ccc(Cl)cc1)Nc1cccc(Cl)c1Cl. The number of nitrogens with one attached hydrogen (secondary N) is 1. The molecule has 1 N–H and O–H groups in total. The van der Waals surface area contributed by atoms with Crippen molar-refractivity contribution in [1.29, 1.82) is 0 Å². The van der Waals surface area contributed by atoms with Crippen molar-refractivity contribution in [1.82, 2.24) is 0 Å². The first-order chi connectivity index (χ1) is 11.3. The van der Waals surface area contributed by atoms with Crippen LogP contribution in [0.15, 0.2) is 47.4 Å². The summed E-state index contributed by atoms with van der Waals surface area (Å²) in [6.45, 7) is 0. The van der Waals surface area contributed by atoms with Gasteiger partial charge in [0.25, 0.3) is 0 Å². The molecule has 4 nitrogen and oxygen atoms in total. The molecule has 2 rings (SSSR count). The Balaban J connectivity index is 1.90. The molecule has 0 saturated heterocycles. The van der Waals surface area contributed by atoms with Gasteiger partial charge in [-0.05, 0) is 42.8 Å². The number of halogens is 3. The van der Waals surface area contributed by atoms with Crippen LogP contribution in [-0.4, -0.2) is 20.1 Å². The van der Waals surface area contributed by atoms with Gasteiger partial charge >= 0.3 is 0 Å². The van der Waals surface area contributed by atoms with Crippen molar-refractivity contribution in [2.75, 3.05) is 11.1 Å². The van der Waals surface area contributed by atoms with Crippen LogP contribution in [0, 0.1) is 0 Å². The van der Waals surface area contributed by atoms with E-state index in [9.17, 15) is 13.2 Å². The molecule has 0 spiro atoms. The maximum Gasteiger partial charge on any atom is 0.224 e. The molecule has 1 amide bonds. The van der Waals surface area contributed by atoms with E-state index in [1.165, 1.54) is 24.3 Å². The zero-order valence-electron chi connectivity index (χ0n) is 12.4. The minimum Gasteiger partial charge on any atom is -0.325 e. The highest BCUT2D eigenvalue weighted by Crippen LogP contribution is 2.29. The molecule has 0 bridgehead atoms. The van der Waals surface area contributed by atoms with Crippen molar-refractivity contribution in [3.05, 3.63) is 57.5 Å². The van der Waals surface area contributed by atoms with Crippen molar-refractivity contribution in [3.63, 3.8) is 0 Å². The Labute approximate surface area is 155 Å². The average Bonchev–Trinajstić information content (AvgIpc) is 2.52. The van der Waals surface area contributed by atoms with Crippen molar-refractivity contribution in [2.24, 2.45) is 0 Å². The van der Waals surface area contributed by atoms with Crippen LogP contribution in [0.2, 0.25) is 15.1 Å². The Morgan fingerprint density at radius 1 is 1.00 bits per heavy atom. The molecule has 0 heterocycles. The molecule has 2 aromatic carbocycles. The summed E-state index contributed by atoms with van der Waals surface area (Å²) in [7, 11) is -3.45. The van der Waals surface area contributed by atoms with E-state index in [1.54, 1.807) is 18.2 Å². The van der Waals surface area contributed by atoms with E-state index in [4.69, 9.17) is 34.8 Å². The van der Waals surface area contributed by atoms with Crippen molar-refractivity contribution in [2.45, 2.75) is 17.7 Å². The number of carbonyl (C=O) groups excluding carboxylic acids is 1. The molecule has 2 aromatic rings. The summed E-state index contributed by atoms with van der Waals surface area (Å²) >= 11 is 17.6. The number of hydrogen-bond donors (Lipinski definition) is 1. The standard InChI is InChI=1S/C16H14Cl3NO3S/c17-11-6-8-12(9-7-11)24(22,23)10-2-5-15(21)20-14-4-1-3-13(18)16(14)19/h1,3-4,6-9H,2,5,10H2,(H,20,21). The molecule has 0 radical (unpaired) electrons. The molecular weight excluding hydrogens is 393 g/mol. The maximum absolute atomic E-state index is 12.2. The summed E-state index contributed by atoms with van der Waals surface area (Å²) in [6, 6.07) is 10.8. The van der Waals surface area contributed by atoms with Crippen molar-refractivity contribution >= 4 is 56.2 Å². The van der Waals surface area contributed by atoms with Crippen LogP contribution < -0.4 is 5.32 Å². The lowest BCUT2D eigenvalue weighted by atomic mass is 10.3. The van der Waals surface area contributed by atoms with Crippen LogP contribution in [0.1, 0.15) is 12.8 Å². The van der Waals surface area contributed by atoms with Gasteiger partial charge in [0.15, 0.2) is 9.84 Å². The topological polar surface area (TPSA) is 63.2 Å². The van der Waals surface area contributed by atoms with Crippen LogP contribution in [0.3, 0.4) is 0 Å². The molecule has 0 aliphatic heterocycles. The van der Waals surface area contributed by atoms with Gasteiger partial charge in [-0.25, -0.2) is 8.42 Å². The second-order valence-electron chi connectivity index (χ2n) is 5.03. The van der Waals surface area contributed by atoms with E-state index in [0.717, 1.165) is 0 Å². The minimum absolute atomic E-state index is 0.0513. The predicted molar refractivity (Wildman–Crippen MR) is 97.8 cm³/mol. The molecule has 0 aliphatic rings. The zero-order valence-corrected chi connectivity index (χ0v) is 15.5. The van der Waals surface area contributed by atoms with Crippen LogP contribution >= 0.6 is 34.8 Å². The van der Waals surface area contributed by atoms with Gasteiger partial charge in [0, 0.05) is 11.4 Å². The number of hydrogen-bond acceptors (Lipinski definition) is 3. The lowest BCUT2D eigenvalue weighted by Crippen LogP contribution is -2.14. The van der Waals surface area contributed by atoms with Crippen LogP contribution in [-0.2, 0) is 14.6 Å². The van der Waals surface area contributed by atoms with Gasteiger partial charge in [-0.3, -0.25) is 4.79 Å². The summed E-state index contributed by atoms with van der Waals surface area (Å²) in [6.07, 6.45) is 0.241. The molecule has 0 fully saturated rings. The summed E-state index contributed by atoms with van der Waals surface area (Å²) in [5, 5.41) is 3.67. The number of carbonyl (C=O) groups is 1. The quantitative estimate of drug-likeness (QED) is 0.746. The van der Waals surface area contributed by atoms with Gasteiger partial charge in [0.1, 0.15) is 0 Å². The maximum atomic E-state index is 12.2. The zero-order chi connectivity index (χ0) is 17.7. The van der Waals surface area contributed by atoms with Crippen LogP contribution in [0.5, 0.6) is 0 Å². The number of amides is 1. The first-order valence-electron chi connectivity index (χ1n) is 7.02. The third-order valence-electron chi connectivity index (χ3n) is 3.22. The highest BCUT2D eigenvalue weighted by atomic mass is 35.5. The van der Waals surface area contributed by atoms with Crippen molar-refractivity contribution < 1.29 is 13.2 Å². The Bertz CT molecular complexity index is 836. The molecule has 0 unspecified atom stereocenters. The fourth-order valence-corrected chi connectivity index (χ4v) is 3.78. The molecule has 0 saturated carbocycles. The van der Waals surface area contributed by atoms with Crippen LogP contribution in [0.4, 0.5) is 5.69 Å². The van der Waals surface area contributed by atoms with Gasteiger partial charge in [-0.2, -0.15) is 0 Å². The number of benzene rings is 2. The molecule has 8 heteroatoms. The molecule has 0 atom stereocenters. The van der Waals surface area contributed by atoms with Gasteiger partial charge in [-0.15, -0.1) is 0 Å². The number of rotatable bonds is 6. The van der Waals surface area contributed by atoms with E-state index in [0.29, 0.717) is 15.7 Å². The molecule has 0 aromatic heterocycles. The fourth-order valence-electron chi connectivity index (χ4n) is 2.00. The fraction of sp³-hybridized carbons (Fsp3) is 0.188. The highest BCUT2D eigenvalue weighted by Gasteiger charge is 2.15. The minimum atomic E-state index is -3.45.